The monoisotopic (exact) mass is 356 g/mol. The van der Waals surface area contributed by atoms with E-state index in [1.807, 2.05) is 6.92 Å². The Hall–Kier alpha value is -3.82. The van der Waals surface area contributed by atoms with Crippen molar-refractivity contribution < 1.29 is 14.8 Å². The maximum Gasteiger partial charge on any atom is 0.291 e. The van der Waals surface area contributed by atoms with Gasteiger partial charge in [0.05, 0.1) is 26.9 Å². The fraction of sp³-hybridized carbons (Fsp3) is 0.125. The van der Waals surface area contributed by atoms with Crippen LogP contribution in [0.15, 0.2) is 30.3 Å². The number of aryl methyl sites for hydroxylation is 2. The van der Waals surface area contributed by atoms with Crippen molar-refractivity contribution in [2.75, 3.05) is 0 Å². The molecule has 0 unspecified atom stereocenters. The van der Waals surface area contributed by atoms with Gasteiger partial charge in [0, 0.05) is 22.2 Å². The molecule has 1 heterocycles. The zero-order valence-corrected chi connectivity index (χ0v) is 13.7. The van der Waals surface area contributed by atoms with E-state index in [0.717, 1.165) is 23.4 Å². The van der Waals surface area contributed by atoms with Crippen LogP contribution in [-0.2, 0) is 0 Å². The summed E-state index contributed by atoms with van der Waals surface area (Å²) in [7, 11) is 0. The van der Waals surface area contributed by atoms with E-state index < -0.39 is 31.8 Å². The topological polar surface area (TPSA) is 145 Å². The lowest BCUT2D eigenvalue weighted by molar-refractivity contribution is -0.402. The smallest absolute Gasteiger partial charge is 0.291 e. The Kier molecular flexibility index (Phi) is 3.87. The molecule has 1 N–H and O–H groups in total. The molecule has 132 valence electrons. The Morgan fingerprint density at radius 3 is 1.96 bits per heavy atom. The normalized spacial score (nSPS) is 10.8. The van der Waals surface area contributed by atoms with Gasteiger partial charge in [-0.05, 0) is 25.5 Å². The molecule has 0 aliphatic rings. The molecule has 0 radical (unpaired) electrons. The number of benzene rings is 2. The van der Waals surface area contributed by atoms with Crippen LogP contribution in [0.5, 0.6) is 0 Å². The summed E-state index contributed by atoms with van der Waals surface area (Å²) >= 11 is 0. The first kappa shape index (κ1) is 17.0. The molecule has 0 bridgehead atoms. The number of non-ortho nitro benzene ring substituents is 1. The number of nitrogens with zero attached hydrogens (tertiary/aromatic N) is 3. The molecule has 10 heteroatoms. The molecule has 0 fully saturated rings. The first-order valence-electron chi connectivity index (χ1n) is 7.41. The van der Waals surface area contributed by atoms with Crippen molar-refractivity contribution >= 4 is 28.0 Å². The number of rotatable bonds is 4. The number of H-pyrrole nitrogens is 1. The minimum atomic E-state index is -0.893. The Labute approximate surface area is 145 Å². The molecule has 0 saturated carbocycles. The predicted octanol–water partition coefficient (Wildman–Crippen LogP) is 4.18. The van der Waals surface area contributed by atoms with Gasteiger partial charge in [-0.25, -0.2) is 0 Å². The van der Waals surface area contributed by atoms with Crippen molar-refractivity contribution in [2.24, 2.45) is 0 Å². The van der Waals surface area contributed by atoms with Gasteiger partial charge in [0.25, 0.3) is 17.1 Å². The van der Waals surface area contributed by atoms with Crippen LogP contribution < -0.4 is 0 Å². The first-order valence-corrected chi connectivity index (χ1v) is 7.41. The largest absolute Gasteiger partial charge is 0.358 e. The molecule has 3 rings (SSSR count). The number of hydrogen-bond donors (Lipinski definition) is 1. The average Bonchev–Trinajstić information content (AvgIpc) is 2.88. The van der Waals surface area contributed by atoms with Crippen LogP contribution in [0.3, 0.4) is 0 Å². The van der Waals surface area contributed by atoms with Crippen LogP contribution in [0.1, 0.15) is 11.3 Å². The van der Waals surface area contributed by atoms with E-state index in [4.69, 9.17) is 0 Å². The molecule has 0 aliphatic heterocycles. The molecule has 0 spiro atoms. The molecule has 0 aliphatic carbocycles. The van der Waals surface area contributed by atoms with Gasteiger partial charge < -0.3 is 4.98 Å². The van der Waals surface area contributed by atoms with Crippen LogP contribution in [0.2, 0.25) is 0 Å². The second-order valence-electron chi connectivity index (χ2n) is 5.73. The third-order valence-electron chi connectivity index (χ3n) is 4.28. The van der Waals surface area contributed by atoms with Crippen LogP contribution in [0.4, 0.5) is 17.1 Å². The lowest BCUT2D eigenvalue weighted by Gasteiger charge is -2.07. The number of hydrogen-bond acceptors (Lipinski definition) is 6. The summed E-state index contributed by atoms with van der Waals surface area (Å²) in [6, 6.07) is 6.39. The highest BCUT2D eigenvalue weighted by Crippen LogP contribution is 2.44. The molecular weight excluding hydrogens is 344 g/mol. The Morgan fingerprint density at radius 2 is 1.46 bits per heavy atom. The second-order valence-corrected chi connectivity index (χ2v) is 5.73. The van der Waals surface area contributed by atoms with E-state index in [1.54, 1.807) is 19.1 Å². The maximum absolute atomic E-state index is 11.5. The number of nitro groups is 3. The Bertz CT molecular complexity index is 1070. The highest BCUT2D eigenvalue weighted by Gasteiger charge is 2.32. The summed E-state index contributed by atoms with van der Waals surface area (Å²) in [5.41, 5.74) is 0.224. The summed E-state index contributed by atoms with van der Waals surface area (Å²) in [6.07, 6.45) is 0. The van der Waals surface area contributed by atoms with Crippen LogP contribution in [0, 0.1) is 44.2 Å². The molecular formula is C16H12N4O6. The van der Waals surface area contributed by atoms with Gasteiger partial charge in [-0.2, -0.15) is 0 Å². The van der Waals surface area contributed by atoms with Crippen LogP contribution in [-0.4, -0.2) is 19.8 Å². The maximum atomic E-state index is 11.5. The Morgan fingerprint density at radius 1 is 0.885 bits per heavy atom. The van der Waals surface area contributed by atoms with Crippen molar-refractivity contribution in [2.45, 2.75) is 13.8 Å². The zero-order chi connectivity index (χ0) is 19.2. The highest BCUT2D eigenvalue weighted by molar-refractivity contribution is 6.02. The first-order chi connectivity index (χ1) is 12.2. The van der Waals surface area contributed by atoms with Crippen molar-refractivity contribution in [3.8, 4) is 11.1 Å². The summed E-state index contributed by atoms with van der Waals surface area (Å²) in [4.78, 5) is 34.6. The van der Waals surface area contributed by atoms with E-state index in [2.05, 4.69) is 4.98 Å². The van der Waals surface area contributed by atoms with Crippen molar-refractivity contribution in [1.29, 1.82) is 0 Å². The number of aromatic amines is 1. The molecule has 10 nitrogen and oxygen atoms in total. The summed E-state index contributed by atoms with van der Waals surface area (Å²) in [5.74, 6) is 0. The standard InChI is InChI=1S/C16H12N4O6/c1-8-9(2)17-12-5-3-4-11(15(8)12)16-13(19(23)24)6-10(18(21)22)7-14(16)20(25)26/h3-7,17H,1-2H3. The van der Waals surface area contributed by atoms with Crippen LogP contribution >= 0.6 is 0 Å². The van der Waals surface area contributed by atoms with E-state index >= 15 is 0 Å². The van der Waals surface area contributed by atoms with Gasteiger partial charge in [0.2, 0.25) is 0 Å². The van der Waals surface area contributed by atoms with Crippen molar-refractivity contribution in [3.63, 3.8) is 0 Å². The third-order valence-corrected chi connectivity index (χ3v) is 4.28. The van der Waals surface area contributed by atoms with Crippen molar-refractivity contribution in [3.05, 3.63) is 71.9 Å². The molecule has 2 aromatic carbocycles. The van der Waals surface area contributed by atoms with Gasteiger partial charge in [-0.1, -0.05) is 12.1 Å². The zero-order valence-electron chi connectivity index (χ0n) is 13.7. The van der Waals surface area contributed by atoms with Gasteiger partial charge in [-0.3, -0.25) is 30.3 Å². The molecule has 3 aromatic rings. The Balaban J connectivity index is 2.51. The fourth-order valence-corrected chi connectivity index (χ4v) is 3.02. The fourth-order valence-electron chi connectivity index (χ4n) is 3.02. The highest BCUT2D eigenvalue weighted by atomic mass is 16.6. The summed E-state index contributed by atoms with van der Waals surface area (Å²) in [5, 5.41) is 34.7. The number of nitro benzene ring substituents is 3. The van der Waals surface area contributed by atoms with Crippen LogP contribution in [0.25, 0.3) is 22.0 Å². The number of nitrogens with one attached hydrogen (secondary N) is 1. The molecule has 0 amide bonds. The third kappa shape index (κ3) is 2.53. The van der Waals surface area contributed by atoms with Gasteiger partial charge in [0.15, 0.2) is 0 Å². The minimum Gasteiger partial charge on any atom is -0.358 e. The molecule has 1 aromatic heterocycles. The van der Waals surface area contributed by atoms with E-state index in [9.17, 15) is 30.3 Å². The SMILES string of the molecule is Cc1[nH]c2cccc(-c3c([N+](=O)[O-])cc([N+](=O)[O-])cc3[N+](=O)[O-])c2c1C. The van der Waals surface area contributed by atoms with Gasteiger partial charge in [0.1, 0.15) is 5.56 Å². The lowest BCUT2D eigenvalue weighted by atomic mass is 9.95. The number of aromatic nitrogens is 1. The van der Waals surface area contributed by atoms with E-state index in [0.29, 0.717) is 10.9 Å². The van der Waals surface area contributed by atoms with E-state index in [1.165, 1.54) is 6.07 Å². The minimum absolute atomic E-state index is 0.252. The molecule has 0 atom stereocenters. The molecule has 26 heavy (non-hydrogen) atoms. The lowest BCUT2D eigenvalue weighted by Crippen LogP contribution is -2.01. The summed E-state index contributed by atoms with van der Waals surface area (Å²) in [6.45, 7) is 3.61. The number of fused-ring (bicyclic) bond motifs is 1. The summed E-state index contributed by atoms with van der Waals surface area (Å²) < 4.78 is 0. The second kappa shape index (κ2) is 5.92. The average molecular weight is 356 g/mol. The molecule has 0 saturated heterocycles. The van der Waals surface area contributed by atoms with Gasteiger partial charge >= 0.3 is 0 Å². The quantitative estimate of drug-likeness (QED) is 0.548. The van der Waals surface area contributed by atoms with Gasteiger partial charge in [-0.15, -0.1) is 0 Å². The predicted molar refractivity (Wildman–Crippen MR) is 93.2 cm³/mol. The van der Waals surface area contributed by atoms with E-state index in [-0.39, 0.29) is 11.1 Å². The van der Waals surface area contributed by atoms with Crippen molar-refractivity contribution in [1.82, 2.24) is 4.98 Å².